The molecule has 2 nitrogen and oxygen atoms in total. The Morgan fingerprint density at radius 1 is 1.07 bits per heavy atom. The number of rotatable bonds is 10. The van der Waals surface area contributed by atoms with Crippen LogP contribution >= 0.6 is 0 Å². The number of nitrogens with one attached hydrogen (secondary N) is 1. The Balaban J connectivity index is 1.81. The lowest BCUT2D eigenvalue weighted by Gasteiger charge is -2.19. The Kier molecular flexibility index (Phi) is 7.03. The van der Waals surface area contributed by atoms with Crippen molar-refractivity contribution in [2.75, 3.05) is 26.2 Å². The Morgan fingerprint density at radius 2 is 1.87 bits per heavy atom. The minimum Gasteiger partial charge on any atom is -0.314 e. The predicted octanol–water partition coefficient (Wildman–Crippen LogP) is 2.64. The summed E-state index contributed by atoms with van der Waals surface area (Å²) in [4.78, 5) is 2.56. The highest BCUT2D eigenvalue weighted by Gasteiger charge is 2.19. The zero-order valence-electron chi connectivity index (χ0n) is 10.6. The first kappa shape index (κ1) is 13.0. The van der Waals surface area contributed by atoms with Crippen LogP contribution in [0.25, 0.3) is 0 Å². The molecule has 2 heteroatoms. The first-order chi connectivity index (χ1) is 7.36. The van der Waals surface area contributed by atoms with Crippen LogP contribution in [0.2, 0.25) is 0 Å². The fourth-order valence-corrected chi connectivity index (χ4v) is 1.98. The highest BCUT2D eigenvalue weighted by Crippen LogP contribution is 2.18. The van der Waals surface area contributed by atoms with E-state index in [-0.39, 0.29) is 0 Å². The summed E-state index contributed by atoms with van der Waals surface area (Å²) in [6, 6.07) is 0.886. The van der Waals surface area contributed by atoms with Gasteiger partial charge in [-0.15, -0.1) is 0 Å². The summed E-state index contributed by atoms with van der Waals surface area (Å²) < 4.78 is 0. The Bertz CT molecular complexity index is 143. The molecule has 1 N–H and O–H groups in total. The van der Waals surface area contributed by atoms with E-state index in [9.17, 15) is 0 Å². The second-order valence-corrected chi connectivity index (χ2v) is 4.72. The Hall–Kier alpha value is -0.0800. The lowest BCUT2D eigenvalue weighted by molar-refractivity contribution is 0.281. The van der Waals surface area contributed by atoms with Crippen LogP contribution in [0.3, 0.4) is 0 Å². The number of hydrogen-bond donors (Lipinski definition) is 1. The molecule has 0 amide bonds. The van der Waals surface area contributed by atoms with Crippen molar-refractivity contribution in [2.24, 2.45) is 0 Å². The molecule has 0 unspecified atom stereocenters. The Morgan fingerprint density at radius 3 is 2.47 bits per heavy atom. The van der Waals surface area contributed by atoms with Crippen molar-refractivity contribution in [3.05, 3.63) is 0 Å². The van der Waals surface area contributed by atoms with E-state index >= 15 is 0 Å². The second kappa shape index (κ2) is 8.12. The third-order valence-corrected chi connectivity index (χ3v) is 3.15. The van der Waals surface area contributed by atoms with Crippen LogP contribution in [0, 0.1) is 0 Å². The van der Waals surface area contributed by atoms with E-state index in [2.05, 4.69) is 24.1 Å². The molecule has 15 heavy (non-hydrogen) atoms. The molecule has 0 bridgehead atoms. The summed E-state index contributed by atoms with van der Waals surface area (Å²) in [6.07, 6.45) is 8.25. The first-order valence-corrected chi connectivity index (χ1v) is 6.82. The highest BCUT2D eigenvalue weighted by molar-refractivity contribution is 4.80. The van der Waals surface area contributed by atoms with Crippen LogP contribution in [0.4, 0.5) is 0 Å². The lowest BCUT2D eigenvalue weighted by Crippen LogP contribution is -2.25. The molecule has 1 fully saturated rings. The van der Waals surface area contributed by atoms with Crippen molar-refractivity contribution >= 4 is 0 Å². The van der Waals surface area contributed by atoms with Gasteiger partial charge in [-0.05, 0) is 58.3 Å². The predicted molar refractivity (Wildman–Crippen MR) is 67.3 cm³/mol. The van der Waals surface area contributed by atoms with E-state index in [1.165, 1.54) is 64.7 Å². The third kappa shape index (κ3) is 6.91. The van der Waals surface area contributed by atoms with E-state index in [1.807, 2.05) is 0 Å². The maximum absolute atomic E-state index is 3.57. The van der Waals surface area contributed by atoms with Gasteiger partial charge in [0.1, 0.15) is 0 Å². The van der Waals surface area contributed by atoms with Crippen LogP contribution < -0.4 is 5.32 Å². The van der Waals surface area contributed by atoms with Crippen molar-refractivity contribution < 1.29 is 0 Å². The molecule has 1 aliphatic rings. The molecule has 90 valence electrons. The van der Waals surface area contributed by atoms with Crippen LogP contribution in [0.5, 0.6) is 0 Å². The second-order valence-electron chi connectivity index (χ2n) is 4.72. The molecule has 0 heterocycles. The molecular formula is C13H28N2. The molecule has 0 atom stereocenters. The molecule has 1 rings (SSSR count). The highest BCUT2D eigenvalue weighted by atomic mass is 15.1. The van der Waals surface area contributed by atoms with Gasteiger partial charge in [-0.3, -0.25) is 0 Å². The molecule has 0 aromatic carbocycles. The van der Waals surface area contributed by atoms with Crippen LogP contribution in [-0.4, -0.2) is 37.1 Å². The smallest absolute Gasteiger partial charge is 0.00682 e. The van der Waals surface area contributed by atoms with E-state index in [4.69, 9.17) is 0 Å². The summed E-state index contributed by atoms with van der Waals surface area (Å²) >= 11 is 0. The molecular weight excluding hydrogens is 184 g/mol. The fourth-order valence-electron chi connectivity index (χ4n) is 1.98. The average Bonchev–Trinajstić information content (AvgIpc) is 3.05. The molecule has 0 radical (unpaired) electrons. The van der Waals surface area contributed by atoms with Gasteiger partial charge in [0.2, 0.25) is 0 Å². The van der Waals surface area contributed by atoms with Gasteiger partial charge >= 0.3 is 0 Å². The van der Waals surface area contributed by atoms with Gasteiger partial charge in [0, 0.05) is 6.04 Å². The van der Waals surface area contributed by atoms with E-state index in [0.717, 1.165) is 6.04 Å². The van der Waals surface area contributed by atoms with Gasteiger partial charge in [0.15, 0.2) is 0 Å². The SMILES string of the molecule is CCCN(CC)CCCCCNC1CC1. The van der Waals surface area contributed by atoms with E-state index < -0.39 is 0 Å². The van der Waals surface area contributed by atoms with Crippen molar-refractivity contribution in [1.82, 2.24) is 10.2 Å². The summed E-state index contributed by atoms with van der Waals surface area (Å²) in [5.74, 6) is 0. The van der Waals surface area contributed by atoms with Crippen molar-refractivity contribution in [3.8, 4) is 0 Å². The number of hydrogen-bond acceptors (Lipinski definition) is 2. The maximum Gasteiger partial charge on any atom is 0.00682 e. The first-order valence-electron chi connectivity index (χ1n) is 6.82. The molecule has 1 saturated carbocycles. The van der Waals surface area contributed by atoms with Gasteiger partial charge in [-0.2, -0.15) is 0 Å². The van der Waals surface area contributed by atoms with Gasteiger partial charge in [0.25, 0.3) is 0 Å². The van der Waals surface area contributed by atoms with Crippen LogP contribution in [-0.2, 0) is 0 Å². The van der Waals surface area contributed by atoms with Gasteiger partial charge < -0.3 is 10.2 Å². The lowest BCUT2D eigenvalue weighted by atomic mass is 10.2. The third-order valence-electron chi connectivity index (χ3n) is 3.15. The zero-order valence-corrected chi connectivity index (χ0v) is 10.6. The van der Waals surface area contributed by atoms with E-state index in [1.54, 1.807) is 0 Å². The maximum atomic E-state index is 3.57. The summed E-state index contributed by atoms with van der Waals surface area (Å²) in [5.41, 5.74) is 0. The van der Waals surface area contributed by atoms with Crippen molar-refractivity contribution in [2.45, 2.75) is 58.4 Å². The molecule has 1 aliphatic carbocycles. The monoisotopic (exact) mass is 212 g/mol. The van der Waals surface area contributed by atoms with Gasteiger partial charge in [0.05, 0.1) is 0 Å². The quantitative estimate of drug-likeness (QED) is 0.560. The summed E-state index contributed by atoms with van der Waals surface area (Å²) in [5, 5.41) is 3.57. The minimum absolute atomic E-state index is 0.886. The minimum atomic E-state index is 0.886. The number of nitrogens with zero attached hydrogens (tertiary/aromatic N) is 1. The van der Waals surface area contributed by atoms with Crippen molar-refractivity contribution in [1.29, 1.82) is 0 Å². The largest absolute Gasteiger partial charge is 0.314 e. The molecule has 0 aromatic heterocycles. The van der Waals surface area contributed by atoms with Gasteiger partial charge in [-0.1, -0.05) is 20.3 Å². The standard InChI is InChI=1S/C13H28N2/c1-3-11-15(4-2)12-7-5-6-10-14-13-8-9-13/h13-14H,3-12H2,1-2H3. The molecule has 0 saturated heterocycles. The summed E-state index contributed by atoms with van der Waals surface area (Å²) in [6.45, 7) is 9.57. The Labute approximate surface area is 95.4 Å². The topological polar surface area (TPSA) is 15.3 Å². The zero-order chi connectivity index (χ0) is 10.9. The van der Waals surface area contributed by atoms with Gasteiger partial charge in [-0.25, -0.2) is 0 Å². The molecule has 0 aliphatic heterocycles. The van der Waals surface area contributed by atoms with E-state index in [0.29, 0.717) is 0 Å². The van der Waals surface area contributed by atoms with Crippen LogP contribution in [0.15, 0.2) is 0 Å². The average molecular weight is 212 g/mol. The summed E-state index contributed by atoms with van der Waals surface area (Å²) in [7, 11) is 0. The van der Waals surface area contributed by atoms with Crippen molar-refractivity contribution in [3.63, 3.8) is 0 Å². The molecule has 0 spiro atoms. The number of unbranched alkanes of at least 4 members (excludes halogenated alkanes) is 2. The normalized spacial score (nSPS) is 16.2. The van der Waals surface area contributed by atoms with Crippen LogP contribution in [0.1, 0.15) is 52.4 Å². The molecule has 0 aromatic rings. The fraction of sp³-hybridized carbons (Fsp3) is 1.00.